The number of anilines is 2. The van der Waals surface area contributed by atoms with Gasteiger partial charge in [0, 0.05) is 16.6 Å². The number of carbonyl (C=O) groups is 3. The van der Waals surface area contributed by atoms with E-state index in [1.807, 2.05) is 0 Å². The molecule has 1 aliphatic rings. The van der Waals surface area contributed by atoms with Crippen molar-refractivity contribution in [3.8, 4) is 5.75 Å². The van der Waals surface area contributed by atoms with E-state index in [1.165, 1.54) is 18.4 Å². The maximum atomic E-state index is 12.5. The van der Waals surface area contributed by atoms with Crippen molar-refractivity contribution in [2.24, 2.45) is 0 Å². The van der Waals surface area contributed by atoms with Crippen LogP contribution in [0.4, 0.5) is 10.7 Å². The van der Waals surface area contributed by atoms with Gasteiger partial charge in [-0.15, -0.1) is 11.3 Å². The first-order valence-corrected chi connectivity index (χ1v) is 10.4. The molecule has 1 aromatic heterocycles. The molecule has 0 fully saturated rings. The highest BCUT2D eigenvalue weighted by atomic mass is 32.1. The smallest absolute Gasteiger partial charge is 0.341 e. The summed E-state index contributed by atoms with van der Waals surface area (Å²) in [6.45, 7) is 0.0458. The fourth-order valence-electron chi connectivity index (χ4n) is 3.42. The Hall–Kier alpha value is -2.91. The summed E-state index contributed by atoms with van der Waals surface area (Å²) in [4.78, 5) is 39.7. The Morgan fingerprint density at radius 2 is 1.83 bits per heavy atom. The minimum atomic E-state index is -0.435. The van der Waals surface area contributed by atoms with Gasteiger partial charge in [0.1, 0.15) is 10.8 Å². The largest absolute Gasteiger partial charge is 0.497 e. The lowest BCUT2D eigenvalue weighted by molar-refractivity contribution is -0.119. The van der Waals surface area contributed by atoms with Crippen LogP contribution < -0.4 is 15.4 Å². The first kappa shape index (κ1) is 21.8. The second-order valence-corrected chi connectivity index (χ2v) is 8.16. The Morgan fingerprint density at radius 1 is 1.10 bits per heavy atom. The number of nitrogens with one attached hydrogen (secondary N) is 2. The van der Waals surface area contributed by atoms with E-state index in [0.29, 0.717) is 22.0 Å². The fourth-order valence-corrected chi connectivity index (χ4v) is 4.72. The summed E-state index contributed by atoms with van der Waals surface area (Å²) in [5.41, 5.74) is 2.06. The maximum Gasteiger partial charge on any atom is 0.341 e. The number of likely N-dealkylation sites (N-methyl/N-ethyl adjacent to an activating group) is 1. The average molecular weight is 432 g/mol. The number of amides is 2. The summed E-state index contributed by atoms with van der Waals surface area (Å²) in [6, 6.07) is 7.05. The van der Waals surface area contributed by atoms with E-state index in [4.69, 9.17) is 9.47 Å². The number of hydrogen-bond acceptors (Lipinski definition) is 7. The SMILES string of the molecule is COC(=O)c1c(NC(=O)CN(C)CC(=O)Nc2cccc(OC)c2)sc2c1CCC2. The van der Waals surface area contributed by atoms with E-state index >= 15 is 0 Å². The Bertz CT molecular complexity index is 956. The molecule has 0 saturated heterocycles. The first-order valence-electron chi connectivity index (χ1n) is 9.56. The number of rotatable bonds is 8. The van der Waals surface area contributed by atoms with Crippen LogP contribution in [0.3, 0.4) is 0 Å². The van der Waals surface area contributed by atoms with Crippen LogP contribution in [-0.4, -0.2) is 57.0 Å². The number of thiophene rings is 1. The molecule has 2 amide bonds. The Kier molecular flexibility index (Phi) is 7.07. The third-order valence-corrected chi connectivity index (χ3v) is 5.95. The van der Waals surface area contributed by atoms with Crippen molar-refractivity contribution in [1.29, 1.82) is 0 Å². The van der Waals surface area contributed by atoms with Gasteiger partial charge in [0.2, 0.25) is 11.8 Å². The number of ether oxygens (including phenoxy) is 2. The van der Waals surface area contributed by atoms with Gasteiger partial charge in [0.15, 0.2) is 0 Å². The highest BCUT2D eigenvalue weighted by Gasteiger charge is 2.28. The van der Waals surface area contributed by atoms with Gasteiger partial charge in [-0.1, -0.05) is 6.07 Å². The molecular weight excluding hydrogens is 406 g/mol. The number of fused-ring (bicyclic) bond motifs is 1. The molecule has 0 spiro atoms. The number of benzene rings is 1. The fraction of sp³-hybridized carbons (Fsp3) is 0.381. The molecule has 0 bridgehead atoms. The van der Waals surface area contributed by atoms with Crippen molar-refractivity contribution in [1.82, 2.24) is 4.90 Å². The molecule has 9 heteroatoms. The van der Waals surface area contributed by atoms with E-state index in [0.717, 1.165) is 29.7 Å². The molecule has 1 aromatic carbocycles. The summed E-state index contributed by atoms with van der Waals surface area (Å²) in [5.74, 6) is -0.332. The second kappa shape index (κ2) is 9.73. The topological polar surface area (TPSA) is 97.0 Å². The zero-order valence-electron chi connectivity index (χ0n) is 17.2. The zero-order valence-corrected chi connectivity index (χ0v) is 18.1. The molecule has 30 heavy (non-hydrogen) atoms. The molecule has 2 aromatic rings. The van der Waals surface area contributed by atoms with Crippen LogP contribution in [0.25, 0.3) is 0 Å². The van der Waals surface area contributed by atoms with Gasteiger partial charge in [0.25, 0.3) is 0 Å². The number of aryl methyl sites for hydroxylation is 1. The normalized spacial score (nSPS) is 12.4. The predicted octanol–water partition coefficient (Wildman–Crippen LogP) is 2.54. The average Bonchev–Trinajstić information content (AvgIpc) is 3.27. The molecule has 0 saturated carbocycles. The van der Waals surface area contributed by atoms with Gasteiger partial charge < -0.3 is 20.1 Å². The van der Waals surface area contributed by atoms with E-state index < -0.39 is 5.97 Å². The zero-order chi connectivity index (χ0) is 21.7. The molecule has 0 atom stereocenters. The molecule has 0 aliphatic heterocycles. The first-order chi connectivity index (χ1) is 14.4. The van der Waals surface area contributed by atoms with Gasteiger partial charge in [-0.25, -0.2) is 4.79 Å². The minimum absolute atomic E-state index is 0.00864. The van der Waals surface area contributed by atoms with E-state index in [2.05, 4.69) is 10.6 Å². The molecule has 2 N–H and O–H groups in total. The molecule has 0 unspecified atom stereocenters. The predicted molar refractivity (Wildman–Crippen MR) is 115 cm³/mol. The number of nitrogens with zero attached hydrogens (tertiary/aromatic N) is 1. The molecule has 8 nitrogen and oxygen atoms in total. The van der Waals surface area contributed by atoms with Crippen LogP contribution in [0.5, 0.6) is 5.75 Å². The van der Waals surface area contributed by atoms with E-state index in [1.54, 1.807) is 43.3 Å². The summed E-state index contributed by atoms with van der Waals surface area (Å²) in [7, 11) is 4.57. The monoisotopic (exact) mass is 431 g/mol. The van der Waals surface area contributed by atoms with Crippen LogP contribution in [0.1, 0.15) is 27.2 Å². The lowest BCUT2D eigenvalue weighted by Crippen LogP contribution is -2.36. The maximum absolute atomic E-state index is 12.5. The van der Waals surface area contributed by atoms with Crippen molar-refractivity contribution in [2.75, 3.05) is 45.0 Å². The number of hydrogen-bond donors (Lipinski definition) is 2. The molecule has 3 rings (SSSR count). The Balaban J connectivity index is 1.56. The molecular formula is C21H25N3O5S. The van der Waals surface area contributed by atoms with Crippen molar-refractivity contribution in [2.45, 2.75) is 19.3 Å². The lowest BCUT2D eigenvalue weighted by atomic mass is 10.1. The Morgan fingerprint density at radius 3 is 2.53 bits per heavy atom. The van der Waals surface area contributed by atoms with E-state index in [-0.39, 0.29) is 24.9 Å². The molecule has 0 radical (unpaired) electrons. The van der Waals surface area contributed by atoms with Crippen LogP contribution in [0, 0.1) is 0 Å². The lowest BCUT2D eigenvalue weighted by Gasteiger charge is -2.16. The van der Waals surface area contributed by atoms with Gasteiger partial charge >= 0.3 is 5.97 Å². The summed E-state index contributed by atoms with van der Waals surface area (Å²) in [5, 5.41) is 6.11. The molecule has 1 heterocycles. The Labute approximate surface area is 179 Å². The number of carbonyl (C=O) groups excluding carboxylic acids is 3. The second-order valence-electron chi connectivity index (χ2n) is 7.05. The summed E-state index contributed by atoms with van der Waals surface area (Å²) >= 11 is 1.42. The number of esters is 1. The minimum Gasteiger partial charge on any atom is -0.497 e. The van der Waals surface area contributed by atoms with Crippen molar-refractivity contribution < 1.29 is 23.9 Å². The molecule has 1 aliphatic carbocycles. The van der Waals surface area contributed by atoms with Crippen LogP contribution in [0.2, 0.25) is 0 Å². The van der Waals surface area contributed by atoms with Crippen LogP contribution in [0.15, 0.2) is 24.3 Å². The summed E-state index contributed by atoms with van der Waals surface area (Å²) < 4.78 is 10.0. The van der Waals surface area contributed by atoms with Gasteiger partial charge in [-0.2, -0.15) is 0 Å². The standard InChI is InChI=1S/C21H25N3O5S/c1-24(11-17(25)22-13-6-4-7-14(10-13)28-2)12-18(26)23-20-19(21(27)29-3)15-8-5-9-16(15)30-20/h4,6-7,10H,5,8-9,11-12H2,1-3H3,(H,22,25)(H,23,26). The quantitative estimate of drug-likeness (QED) is 0.624. The number of methoxy groups -OCH3 is 2. The van der Waals surface area contributed by atoms with Gasteiger partial charge in [-0.3, -0.25) is 14.5 Å². The highest BCUT2D eigenvalue weighted by Crippen LogP contribution is 2.39. The van der Waals surface area contributed by atoms with Gasteiger partial charge in [0.05, 0.1) is 32.9 Å². The molecule has 160 valence electrons. The van der Waals surface area contributed by atoms with E-state index in [9.17, 15) is 14.4 Å². The van der Waals surface area contributed by atoms with Crippen molar-refractivity contribution in [3.05, 3.63) is 40.3 Å². The third-order valence-electron chi connectivity index (χ3n) is 4.74. The van der Waals surface area contributed by atoms with Gasteiger partial charge in [-0.05, 0) is 44.0 Å². The van der Waals surface area contributed by atoms with Crippen LogP contribution in [-0.2, 0) is 27.2 Å². The highest BCUT2D eigenvalue weighted by molar-refractivity contribution is 7.17. The van der Waals surface area contributed by atoms with Crippen molar-refractivity contribution >= 4 is 39.8 Å². The summed E-state index contributed by atoms with van der Waals surface area (Å²) in [6.07, 6.45) is 2.73. The third kappa shape index (κ3) is 5.17. The van der Waals surface area contributed by atoms with Crippen molar-refractivity contribution in [3.63, 3.8) is 0 Å². The van der Waals surface area contributed by atoms with Crippen LogP contribution >= 0.6 is 11.3 Å².